The van der Waals surface area contributed by atoms with Crippen LogP contribution in [-0.4, -0.2) is 13.1 Å². The Morgan fingerprint density at radius 2 is 2.00 bits per heavy atom. The molecule has 2 aliphatic rings. The van der Waals surface area contributed by atoms with E-state index in [0.717, 1.165) is 12.1 Å². The lowest BCUT2D eigenvalue weighted by atomic mass is 9.76. The van der Waals surface area contributed by atoms with Gasteiger partial charge in [-0.25, -0.2) is 4.79 Å². The summed E-state index contributed by atoms with van der Waals surface area (Å²) in [7, 11) is 1.42. The molecule has 3 atom stereocenters. The zero-order valence-corrected chi connectivity index (χ0v) is 13.0. The van der Waals surface area contributed by atoms with Gasteiger partial charge in [0.15, 0.2) is 0 Å². The third-order valence-corrected chi connectivity index (χ3v) is 4.94. The summed E-state index contributed by atoms with van der Waals surface area (Å²) >= 11 is 0. The Labute approximate surface area is 136 Å². The fourth-order valence-corrected chi connectivity index (χ4v) is 3.83. The average molecular weight is 305 g/mol. The number of anilines is 1. The highest BCUT2D eigenvalue weighted by molar-refractivity contribution is 5.90. The fourth-order valence-electron chi connectivity index (χ4n) is 3.83. The number of carbonyl (C=O) groups is 1. The highest BCUT2D eigenvalue weighted by Gasteiger charge is 2.38. The number of nitrogens with one attached hydrogen (secondary N) is 1. The smallest absolute Gasteiger partial charge is 0.337 e. The Hall–Kier alpha value is -2.55. The quantitative estimate of drug-likeness (QED) is 0.664. The van der Waals surface area contributed by atoms with Crippen LogP contribution in [0.3, 0.4) is 0 Å². The van der Waals surface area contributed by atoms with Crippen molar-refractivity contribution in [3.63, 3.8) is 0 Å². The highest BCUT2D eigenvalue weighted by Crippen LogP contribution is 2.49. The van der Waals surface area contributed by atoms with E-state index < -0.39 is 0 Å². The number of allylic oxidation sites excluding steroid dienone is 2. The standard InChI is InChI=1S/C20H19NO2/c1-23-20(22)14-10-11-18-17(12-14)15-8-5-9-16(15)19(21-18)13-6-3-2-4-7-13/h2-8,10-12,15-16,19,21H,9H2,1H3/t15-,16+,19+/m1/s1. The summed E-state index contributed by atoms with van der Waals surface area (Å²) in [5, 5.41) is 3.68. The Balaban J connectivity index is 1.76. The number of carbonyl (C=O) groups excluding carboxylic acids is 1. The van der Waals surface area contributed by atoms with Gasteiger partial charge < -0.3 is 10.1 Å². The van der Waals surface area contributed by atoms with Crippen molar-refractivity contribution in [2.75, 3.05) is 12.4 Å². The molecule has 2 aromatic carbocycles. The number of rotatable bonds is 2. The summed E-state index contributed by atoms with van der Waals surface area (Å²) in [5.41, 5.74) is 4.23. The molecule has 116 valence electrons. The van der Waals surface area contributed by atoms with Crippen molar-refractivity contribution in [2.45, 2.75) is 18.4 Å². The number of methoxy groups -OCH3 is 1. The van der Waals surface area contributed by atoms with Crippen molar-refractivity contribution >= 4 is 11.7 Å². The van der Waals surface area contributed by atoms with Crippen LogP contribution < -0.4 is 5.32 Å². The van der Waals surface area contributed by atoms with Gasteiger partial charge in [-0.15, -0.1) is 0 Å². The number of ether oxygens (including phenoxy) is 1. The van der Waals surface area contributed by atoms with Crippen LogP contribution in [0.1, 0.15) is 39.9 Å². The lowest BCUT2D eigenvalue weighted by Gasteiger charge is -2.37. The number of hydrogen-bond donors (Lipinski definition) is 1. The number of benzene rings is 2. The monoisotopic (exact) mass is 305 g/mol. The molecule has 3 heteroatoms. The first-order valence-corrected chi connectivity index (χ1v) is 7.98. The molecule has 2 aromatic rings. The van der Waals surface area contributed by atoms with E-state index in [4.69, 9.17) is 4.74 Å². The van der Waals surface area contributed by atoms with Crippen LogP contribution in [-0.2, 0) is 4.74 Å². The van der Waals surface area contributed by atoms with Crippen LogP contribution >= 0.6 is 0 Å². The maximum absolute atomic E-state index is 11.8. The first kappa shape index (κ1) is 14.1. The van der Waals surface area contributed by atoms with E-state index in [2.05, 4.69) is 41.7 Å². The Bertz CT molecular complexity index is 766. The maximum atomic E-state index is 11.8. The molecular formula is C20H19NO2. The molecule has 0 aromatic heterocycles. The summed E-state index contributed by atoms with van der Waals surface area (Å²) in [6.07, 6.45) is 5.59. The minimum Gasteiger partial charge on any atom is -0.465 e. The van der Waals surface area contributed by atoms with Crippen LogP contribution in [0, 0.1) is 5.92 Å². The van der Waals surface area contributed by atoms with Gasteiger partial charge in [-0.2, -0.15) is 0 Å². The van der Waals surface area contributed by atoms with Gasteiger partial charge in [0, 0.05) is 11.6 Å². The summed E-state index contributed by atoms with van der Waals surface area (Å²) in [5.74, 6) is 0.551. The summed E-state index contributed by atoms with van der Waals surface area (Å²) in [6.45, 7) is 0. The summed E-state index contributed by atoms with van der Waals surface area (Å²) < 4.78 is 4.85. The molecule has 0 saturated heterocycles. The van der Waals surface area contributed by atoms with E-state index in [-0.39, 0.29) is 5.97 Å². The highest BCUT2D eigenvalue weighted by atomic mass is 16.5. The van der Waals surface area contributed by atoms with Gasteiger partial charge in [-0.1, -0.05) is 42.5 Å². The van der Waals surface area contributed by atoms with E-state index in [9.17, 15) is 4.79 Å². The zero-order valence-electron chi connectivity index (χ0n) is 13.0. The molecule has 3 nitrogen and oxygen atoms in total. The molecule has 0 radical (unpaired) electrons. The molecular weight excluding hydrogens is 286 g/mol. The molecule has 0 unspecified atom stereocenters. The predicted molar refractivity (Wildman–Crippen MR) is 90.6 cm³/mol. The molecule has 1 N–H and O–H groups in total. The first-order valence-electron chi connectivity index (χ1n) is 7.98. The van der Waals surface area contributed by atoms with Gasteiger partial charge in [0.25, 0.3) is 0 Å². The van der Waals surface area contributed by atoms with Crippen molar-refractivity contribution in [1.29, 1.82) is 0 Å². The van der Waals surface area contributed by atoms with E-state index in [1.165, 1.54) is 18.2 Å². The zero-order chi connectivity index (χ0) is 15.8. The molecule has 1 aliphatic carbocycles. The molecule has 0 amide bonds. The lowest BCUT2D eigenvalue weighted by Crippen LogP contribution is -2.29. The van der Waals surface area contributed by atoms with Crippen molar-refractivity contribution < 1.29 is 9.53 Å². The Kier molecular flexibility index (Phi) is 3.41. The van der Waals surface area contributed by atoms with Gasteiger partial charge in [0.1, 0.15) is 0 Å². The second-order valence-corrected chi connectivity index (χ2v) is 6.18. The Morgan fingerprint density at radius 3 is 2.78 bits per heavy atom. The van der Waals surface area contributed by atoms with Crippen LogP contribution in [0.15, 0.2) is 60.7 Å². The second-order valence-electron chi connectivity index (χ2n) is 6.18. The minimum absolute atomic E-state index is 0.281. The van der Waals surface area contributed by atoms with Crippen LogP contribution in [0.4, 0.5) is 5.69 Å². The molecule has 0 bridgehead atoms. The molecule has 1 aliphatic heterocycles. The average Bonchev–Trinajstić information content (AvgIpc) is 3.10. The third-order valence-electron chi connectivity index (χ3n) is 4.94. The largest absolute Gasteiger partial charge is 0.465 e. The van der Waals surface area contributed by atoms with Gasteiger partial charge in [0.05, 0.1) is 18.7 Å². The molecule has 23 heavy (non-hydrogen) atoms. The van der Waals surface area contributed by atoms with Gasteiger partial charge in [-0.05, 0) is 41.7 Å². The number of esters is 1. The summed E-state index contributed by atoms with van der Waals surface area (Å²) in [4.78, 5) is 11.8. The molecule has 0 saturated carbocycles. The van der Waals surface area contributed by atoms with Crippen LogP contribution in [0.5, 0.6) is 0 Å². The fraction of sp³-hybridized carbons (Fsp3) is 0.250. The molecule has 0 spiro atoms. The normalized spacial score (nSPS) is 24.5. The van der Waals surface area contributed by atoms with Crippen molar-refractivity contribution in [1.82, 2.24) is 0 Å². The first-order chi connectivity index (χ1) is 11.3. The molecule has 0 fully saturated rings. The maximum Gasteiger partial charge on any atom is 0.337 e. The summed E-state index contributed by atoms with van der Waals surface area (Å²) in [6, 6.07) is 16.7. The number of hydrogen-bond acceptors (Lipinski definition) is 3. The van der Waals surface area contributed by atoms with E-state index in [1.54, 1.807) is 0 Å². The van der Waals surface area contributed by atoms with Gasteiger partial charge >= 0.3 is 5.97 Å². The van der Waals surface area contributed by atoms with E-state index in [1.807, 2.05) is 24.3 Å². The van der Waals surface area contributed by atoms with Crippen LogP contribution in [0.2, 0.25) is 0 Å². The molecule has 4 rings (SSSR count). The number of fused-ring (bicyclic) bond motifs is 3. The van der Waals surface area contributed by atoms with Gasteiger partial charge in [0.2, 0.25) is 0 Å². The van der Waals surface area contributed by atoms with Crippen LogP contribution in [0.25, 0.3) is 0 Å². The van der Waals surface area contributed by atoms with E-state index in [0.29, 0.717) is 23.4 Å². The lowest BCUT2D eigenvalue weighted by molar-refractivity contribution is 0.0600. The predicted octanol–water partition coefficient (Wildman–Crippen LogP) is 4.30. The second kappa shape index (κ2) is 5.58. The third kappa shape index (κ3) is 2.33. The minimum atomic E-state index is -0.281. The topological polar surface area (TPSA) is 38.3 Å². The van der Waals surface area contributed by atoms with Crippen molar-refractivity contribution in [2.24, 2.45) is 5.92 Å². The van der Waals surface area contributed by atoms with Crippen molar-refractivity contribution in [3.05, 3.63) is 77.4 Å². The Morgan fingerprint density at radius 1 is 1.17 bits per heavy atom. The SMILES string of the molecule is COC(=O)c1ccc2c(c1)[C@@H]1C=CC[C@@H]1[C@H](c1ccccc1)N2. The van der Waals surface area contributed by atoms with Crippen molar-refractivity contribution in [3.8, 4) is 0 Å². The molecule has 1 heterocycles. The van der Waals surface area contributed by atoms with E-state index >= 15 is 0 Å². The van der Waals surface area contributed by atoms with Gasteiger partial charge in [-0.3, -0.25) is 0 Å².